The molecule has 0 unspecified atom stereocenters. The predicted octanol–water partition coefficient (Wildman–Crippen LogP) is 2.26. The molecule has 0 saturated heterocycles. The second-order valence-electron chi connectivity index (χ2n) is 5.29. The second kappa shape index (κ2) is 6.85. The van der Waals surface area contributed by atoms with Gasteiger partial charge in [0, 0.05) is 0 Å². The SMILES string of the molecule is CCCOC(=O)c1ccc(Oc2ccc3c(c2)COB3O)cc1. The standard InChI is InChI=1S/C17H17BO5/c1-2-9-21-17(19)12-3-5-14(6-4-12)23-15-7-8-16-13(10-15)11-22-18(16)20/h3-8,10,20H,2,9,11H2,1H3. The van der Waals surface area contributed by atoms with E-state index in [0.717, 1.165) is 17.4 Å². The number of hydrogen-bond donors (Lipinski definition) is 1. The number of benzene rings is 2. The number of carbonyl (C=O) groups is 1. The van der Waals surface area contributed by atoms with Crippen molar-refractivity contribution in [2.45, 2.75) is 20.0 Å². The Morgan fingerprint density at radius 2 is 1.96 bits per heavy atom. The van der Waals surface area contributed by atoms with Gasteiger partial charge in [0.15, 0.2) is 0 Å². The van der Waals surface area contributed by atoms with E-state index < -0.39 is 7.12 Å². The molecule has 1 aliphatic heterocycles. The maximum atomic E-state index is 11.7. The van der Waals surface area contributed by atoms with Crippen LogP contribution in [-0.2, 0) is 16.0 Å². The average Bonchev–Trinajstić information content (AvgIpc) is 2.94. The lowest BCUT2D eigenvalue weighted by Gasteiger charge is -2.08. The van der Waals surface area contributed by atoms with Crippen LogP contribution in [0.1, 0.15) is 29.3 Å². The van der Waals surface area contributed by atoms with Crippen molar-refractivity contribution in [1.29, 1.82) is 0 Å². The van der Waals surface area contributed by atoms with E-state index in [-0.39, 0.29) is 5.97 Å². The van der Waals surface area contributed by atoms with E-state index in [1.807, 2.05) is 13.0 Å². The lowest BCUT2D eigenvalue weighted by atomic mass is 9.80. The van der Waals surface area contributed by atoms with Crippen molar-refractivity contribution in [3.8, 4) is 11.5 Å². The molecule has 0 fully saturated rings. The van der Waals surface area contributed by atoms with Gasteiger partial charge < -0.3 is 19.2 Å². The lowest BCUT2D eigenvalue weighted by molar-refractivity contribution is 0.0505. The number of ether oxygens (including phenoxy) is 2. The summed E-state index contributed by atoms with van der Waals surface area (Å²) in [4.78, 5) is 11.7. The molecular weight excluding hydrogens is 295 g/mol. The molecule has 3 rings (SSSR count). The predicted molar refractivity (Wildman–Crippen MR) is 85.9 cm³/mol. The van der Waals surface area contributed by atoms with Crippen LogP contribution < -0.4 is 10.2 Å². The van der Waals surface area contributed by atoms with Crippen molar-refractivity contribution >= 4 is 18.6 Å². The Bertz CT molecular complexity index is 699. The van der Waals surface area contributed by atoms with Gasteiger partial charge in [-0.3, -0.25) is 0 Å². The van der Waals surface area contributed by atoms with E-state index in [1.165, 1.54) is 0 Å². The summed E-state index contributed by atoms with van der Waals surface area (Å²) in [5, 5.41) is 9.60. The molecule has 0 aliphatic carbocycles. The molecule has 1 heterocycles. The topological polar surface area (TPSA) is 65.0 Å². The first kappa shape index (κ1) is 15.6. The fraction of sp³-hybridized carbons (Fsp3) is 0.235. The van der Waals surface area contributed by atoms with Crippen LogP contribution in [0.4, 0.5) is 0 Å². The molecule has 0 saturated carbocycles. The van der Waals surface area contributed by atoms with Gasteiger partial charge in [-0.05, 0) is 53.8 Å². The van der Waals surface area contributed by atoms with Crippen LogP contribution in [0.2, 0.25) is 0 Å². The van der Waals surface area contributed by atoms with Crippen molar-refractivity contribution < 1.29 is 23.9 Å². The van der Waals surface area contributed by atoms with E-state index in [0.29, 0.717) is 30.3 Å². The minimum absolute atomic E-state index is 0.331. The van der Waals surface area contributed by atoms with Crippen molar-refractivity contribution in [2.75, 3.05) is 6.61 Å². The molecule has 2 aromatic carbocycles. The van der Waals surface area contributed by atoms with Gasteiger partial charge in [0.05, 0.1) is 18.8 Å². The fourth-order valence-electron chi connectivity index (χ4n) is 2.34. The van der Waals surface area contributed by atoms with E-state index in [9.17, 15) is 9.82 Å². The third-order valence-electron chi connectivity index (χ3n) is 3.54. The van der Waals surface area contributed by atoms with Crippen LogP contribution in [0.5, 0.6) is 11.5 Å². The maximum absolute atomic E-state index is 11.7. The third-order valence-corrected chi connectivity index (χ3v) is 3.54. The molecule has 23 heavy (non-hydrogen) atoms. The molecule has 1 aliphatic rings. The van der Waals surface area contributed by atoms with E-state index in [2.05, 4.69) is 0 Å². The van der Waals surface area contributed by atoms with Crippen molar-refractivity contribution in [1.82, 2.24) is 0 Å². The Labute approximate surface area is 134 Å². The number of hydrogen-bond acceptors (Lipinski definition) is 5. The summed E-state index contributed by atoms with van der Waals surface area (Å²) in [5.74, 6) is 0.946. The normalized spacial score (nSPS) is 12.9. The Morgan fingerprint density at radius 3 is 2.70 bits per heavy atom. The fourth-order valence-corrected chi connectivity index (χ4v) is 2.34. The van der Waals surface area contributed by atoms with Gasteiger partial charge in [-0.25, -0.2) is 4.79 Å². The first-order chi connectivity index (χ1) is 11.2. The average molecular weight is 312 g/mol. The Morgan fingerprint density at radius 1 is 1.22 bits per heavy atom. The lowest BCUT2D eigenvalue weighted by Crippen LogP contribution is -2.27. The van der Waals surface area contributed by atoms with Crippen LogP contribution in [0, 0.1) is 0 Å². The molecule has 0 amide bonds. The van der Waals surface area contributed by atoms with Crippen molar-refractivity contribution in [3.63, 3.8) is 0 Å². The minimum atomic E-state index is -0.854. The van der Waals surface area contributed by atoms with Crippen LogP contribution in [0.15, 0.2) is 42.5 Å². The zero-order valence-electron chi connectivity index (χ0n) is 12.8. The highest BCUT2D eigenvalue weighted by Crippen LogP contribution is 2.24. The molecule has 5 nitrogen and oxygen atoms in total. The van der Waals surface area contributed by atoms with Crippen LogP contribution in [0.3, 0.4) is 0 Å². The molecule has 0 bridgehead atoms. The summed E-state index contributed by atoms with van der Waals surface area (Å²) in [6, 6.07) is 12.2. The highest BCUT2D eigenvalue weighted by atomic mass is 16.5. The molecule has 118 valence electrons. The molecule has 0 radical (unpaired) electrons. The summed E-state index contributed by atoms with van der Waals surface area (Å²) in [7, 11) is -0.854. The maximum Gasteiger partial charge on any atom is 0.491 e. The molecular formula is C17H17BO5. The molecule has 0 aromatic heterocycles. The largest absolute Gasteiger partial charge is 0.491 e. The van der Waals surface area contributed by atoms with E-state index in [4.69, 9.17) is 14.1 Å². The monoisotopic (exact) mass is 312 g/mol. The quantitative estimate of drug-likeness (QED) is 0.678. The van der Waals surface area contributed by atoms with E-state index >= 15 is 0 Å². The molecule has 0 spiro atoms. The summed E-state index contributed by atoms with van der Waals surface area (Å²) in [6.07, 6.45) is 0.795. The Balaban J connectivity index is 1.68. The van der Waals surface area contributed by atoms with E-state index in [1.54, 1.807) is 36.4 Å². The summed E-state index contributed by atoms with van der Waals surface area (Å²) < 4.78 is 16.0. The van der Waals surface area contributed by atoms with Gasteiger partial charge in [-0.15, -0.1) is 0 Å². The third kappa shape index (κ3) is 3.55. The highest BCUT2D eigenvalue weighted by Gasteiger charge is 2.27. The molecule has 2 aromatic rings. The summed E-state index contributed by atoms with van der Waals surface area (Å²) >= 11 is 0. The Kier molecular flexibility index (Phi) is 4.64. The van der Waals surface area contributed by atoms with Crippen LogP contribution in [0.25, 0.3) is 0 Å². The number of carbonyl (C=O) groups excluding carboxylic acids is 1. The number of fused-ring (bicyclic) bond motifs is 1. The smallest absolute Gasteiger partial charge is 0.462 e. The number of rotatable bonds is 5. The molecule has 0 atom stereocenters. The first-order valence-electron chi connectivity index (χ1n) is 7.55. The van der Waals surface area contributed by atoms with Crippen molar-refractivity contribution in [3.05, 3.63) is 53.6 Å². The summed E-state index contributed by atoms with van der Waals surface area (Å²) in [6.45, 7) is 2.74. The van der Waals surface area contributed by atoms with Crippen LogP contribution in [-0.4, -0.2) is 24.7 Å². The first-order valence-corrected chi connectivity index (χ1v) is 7.55. The van der Waals surface area contributed by atoms with Gasteiger partial charge >= 0.3 is 13.1 Å². The Hall–Kier alpha value is -2.31. The minimum Gasteiger partial charge on any atom is -0.462 e. The van der Waals surface area contributed by atoms with Gasteiger partial charge in [0.1, 0.15) is 11.5 Å². The molecule has 1 N–H and O–H groups in total. The second-order valence-corrected chi connectivity index (χ2v) is 5.29. The van der Waals surface area contributed by atoms with Gasteiger partial charge in [0.2, 0.25) is 0 Å². The number of esters is 1. The zero-order valence-corrected chi connectivity index (χ0v) is 12.8. The summed E-state index contributed by atoms with van der Waals surface area (Å²) in [5.41, 5.74) is 2.18. The van der Waals surface area contributed by atoms with Crippen molar-refractivity contribution in [2.24, 2.45) is 0 Å². The van der Waals surface area contributed by atoms with Gasteiger partial charge in [-0.1, -0.05) is 13.0 Å². The van der Waals surface area contributed by atoms with Crippen LogP contribution >= 0.6 is 0 Å². The molecule has 6 heteroatoms. The van der Waals surface area contributed by atoms with Gasteiger partial charge in [-0.2, -0.15) is 0 Å². The zero-order chi connectivity index (χ0) is 16.2. The van der Waals surface area contributed by atoms with Gasteiger partial charge in [0.25, 0.3) is 0 Å². The highest BCUT2D eigenvalue weighted by molar-refractivity contribution is 6.61.